The number of thioether (sulfide) groups is 1. The number of benzene rings is 3. The molecule has 1 aliphatic heterocycles. The van der Waals surface area contributed by atoms with Crippen LogP contribution in [-0.2, 0) is 0 Å². The van der Waals surface area contributed by atoms with Crippen LogP contribution in [0.3, 0.4) is 0 Å². The van der Waals surface area contributed by atoms with Gasteiger partial charge in [-0.1, -0.05) is 55.9 Å². The lowest BCUT2D eigenvalue weighted by atomic mass is 10.00. The van der Waals surface area contributed by atoms with E-state index < -0.39 is 12.7 Å². The number of hydrogen-bond acceptors (Lipinski definition) is 8. The van der Waals surface area contributed by atoms with Crippen molar-refractivity contribution in [2.75, 3.05) is 24.3 Å². The zero-order valence-electron chi connectivity index (χ0n) is 25.1. The first kappa shape index (κ1) is 31.9. The van der Waals surface area contributed by atoms with Crippen molar-refractivity contribution in [3.8, 4) is 28.6 Å². The van der Waals surface area contributed by atoms with E-state index in [1.54, 1.807) is 25.1 Å². The molecule has 13 heteroatoms. The third-order valence-electron chi connectivity index (χ3n) is 7.03. The van der Waals surface area contributed by atoms with Crippen molar-refractivity contribution in [3.63, 3.8) is 0 Å². The van der Waals surface area contributed by atoms with Crippen molar-refractivity contribution in [1.82, 2.24) is 20.1 Å². The fourth-order valence-corrected chi connectivity index (χ4v) is 5.71. The lowest BCUT2D eigenvalue weighted by Gasteiger charge is -2.24. The first-order valence-corrected chi connectivity index (χ1v) is 15.1. The van der Waals surface area contributed by atoms with Gasteiger partial charge in [-0.05, 0) is 59.9 Å². The van der Waals surface area contributed by atoms with Gasteiger partial charge in [0.2, 0.25) is 6.35 Å². The Labute approximate surface area is 263 Å². The van der Waals surface area contributed by atoms with Crippen molar-refractivity contribution >= 4 is 28.2 Å². The molecule has 5 rings (SSSR count). The van der Waals surface area contributed by atoms with Crippen LogP contribution >= 0.6 is 11.8 Å². The van der Waals surface area contributed by atoms with Gasteiger partial charge in [0.05, 0.1) is 12.8 Å². The molecule has 9 nitrogen and oxygen atoms in total. The number of anilines is 1. The Bertz CT molecular complexity index is 1670. The molecule has 1 aliphatic rings. The van der Waals surface area contributed by atoms with Crippen LogP contribution in [0.25, 0.3) is 22.6 Å². The predicted octanol–water partition coefficient (Wildman–Crippen LogP) is 6.80. The lowest BCUT2D eigenvalue weighted by Crippen LogP contribution is -2.29. The van der Waals surface area contributed by atoms with E-state index in [9.17, 15) is 18.3 Å². The third kappa shape index (κ3) is 7.97. The minimum atomic E-state index is -4.75. The van der Waals surface area contributed by atoms with Gasteiger partial charge < -0.3 is 24.8 Å². The number of methoxy groups -OCH3 is 1. The van der Waals surface area contributed by atoms with Crippen LogP contribution < -0.4 is 19.7 Å². The number of halogens is 3. The van der Waals surface area contributed by atoms with E-state index in [0.29, 0.717) is 17.4 Å². The lowest BCUT2D eigenvalue weighted by molar-refractivity contribution is -0.274. The molecule has 1 fully saturated rings. The van der Waals surface area contributed by atoms with Gasteiger partial charge in [0.15, 0.2) is 11.0 Å². The summed E-state index contributed by atoms with van der Waals surface area (Å²) in [5.41, 5.74) is 5.31. The Balaban J connectivity index is 1.23. The number of aliphatic hydroxyl groups is 1. The maximum absolute atomic E-state index is 12.4. The molecule has 1 saturated heterocycles. The summed E-state index contributed by atoms with van der Waals surface area (Å²) < 4.78 is 48.1. The molecule has 0 amide bonds. The van der Waals surface area contributed by atoms with Gasteiger partial charge in [0.1, 0.15) is 17.8 Å². The summed E-state index contributed by atoms with van der Waals surface area (Å²) in [5.74, 6) is 2.09. The highest BCUT2D eigenvalue weighted by atomic mass is 32.2. The van der Waals surface area contributed by atoms with E-state index >= 15 is 0 Å². The van der Waals surface area contributed by atoms with E-state index in [1.165, 1.54) is 40.8 Å². The highest BCUT2D eigenvalue weighted by molar-refractivity contribution is 8.14. The number of rotatable bonds is 10. The molecule has 0 saturated carbocycles. The van der Waals surface area contributed by atoms with Crippen LogP contribution in [0.15, 0.2) is 84.2 Å². The van der Waals surface area contributed by atoms with Gasteiger partial charge in [-0.15, -0.1) is 18.3 Å². The first-order valence-electron chi connectivity index (χ1n) is 14.2. The number of aliphatic hydroxyl groups excluding tert-OH is 1. The van der Waals surface area contributed by atoms with Gasteiger partial charge in [-0.25, -0.2) is 14.7 Å². The highest BCUT2D eigenvalue weighted by Crippen LogP contribution is 2.35. The normalized spacial score (nSPS) is 15.5. The standard InChI is InChI=1S/C32H33F3N6O3S/c1-20(2)27-14-13-26(43-4)17-28(27)40-15-16-45-31(40)38-30(42)36-18-21(3)22-5-7-23(8-6-22)29-37-19-41(39-29)24-9-11-25(12-10-24)44-32(33,34)35/h5-14,17-20,30,36,42H,15-16H2,1-4H3/b21-18+,38-31-. The van der Waals surface area contributed by atoms with Crippen LogP contribution in [-0.4, -0.2) is 57.2 Å². The predicted molar refractivity (Wildman–Crippen MR) is 171 cm³/mol. The molecule has 0 radical (unpaired) electrons. The van der Waals surface area contributed by atoms with Crippen LogP contribution in [0.1, 0.15) is 37.8 Å². The summed E-state index contributed by atoms with van der Waals surface area (Å²) in [7, 11) is 1.65. The molecule has 0 spiro atoms. The summed E-state index contributed by atoms with van der Waals surface area (Å²) in [4.78, 5) is 11.0. The number of alkyl halides is 3. The fraction of sp³-hybridized carbons (Fsp3) is 0.281. The first-order chi connectivity index (χ1) is 21.5. The third-order valence-corrected chi connectivity index (χ3v) is 8.00. The van der Waals surface area contributed by atoms with Gasteiger partial charge in [-0.2, -0.15) is 0 Å². The Morgan fingerprint density at radius 1 is 1.07 bits per heavy atom. The van der Waals surface area contributed by atoms with Crippen molar-refractivity contribution < 1.29 is 27.8 Å². The Hall–Kier alpha value is -4.49. The van der Waals surface area contributed by atoms with Crippen LogP contribution in [0.5, 0.6) is 11.5 Å². The molecule has 0 aliphatic carbocycles. The number of hydrogen-bond donors (Lipinski definition) is 2. The largest absolute Gasteiger partial charge is 0.573 e. The van der Waals surface area contributed by atoms with E-state index in [1.807, 2.05) is 43.3 Å². The molecule has 1 atom stereocenters. The summed E-state index contributed by atoms with van der Waals surface area (Å²) in [6.07, 6.45) is -2.68. The molecule has 3 aromatic carbocycles. The van der Waals surface area contributed by atoms with Crippen molar-refractivity contribution in [1.29, 1.82) is 0 Å². The number of allylic oxidation sites excluding steroid dienone is 1. The molecule has 4 aromatic rings. The van der Waals surface area contributed by atoms with Crippen LogP contribution in [0.2, 0.25) is 0 Å². The average Bonchev–Trinajstić information content (AvgIpc) is 3.69. The molecule has 2 heterocycles. The minimum absolute atomic E-state index is 0.312. The topological polar surface area (TPSA) is 97.0 Å². The molecule has 1 unspecified atom stereocenters. The van der Waals surface area contributed by atoms with Gasteiger partial charge >= 0.3 is 6.36 Å². The van der Waals surface area contributed by atoms with Gasteiger partial charge in [0.25, 0.3) is 0 Å². The van der Waals surface area contributed by atoms with E-state index in [2.05, 4.69) is 49.9 Å². The molecule has 1 aromatic heterocycles. The van der Waals surface area contributed by atoms with Crippen LogP contribution in [0, 0.1) is 0 Å². The number of ether oxygens (including phenoxy) is 2. The highest BCUT2D eigenvalue weighted by Gasteiger charge is 2.31. The second kappa shape index (κ2) is 13.7. The zero-order valence-corrected chi connectivity index (χ0v) is 25.9. The zero-order chi connectivity index (χ0) is 32.1. The molecule has 45 heavy (non-hydrogen) atoms. The average molecular weight is 639 g/mol. The molecule has 0 bridgehead atoms. The van der Waals surface area contributed by atoms with Gasteiger partial charge in [0, 0.05) is 35.8 Å². The summed E-state index contributed by atoms with van der Waals surface area (Å²) >= 11 is 1.59. The molecule has 2 N–H and O–H groups in total. The maximum atomic E-state index is 12.4. The second-order valence-electron chi connectivity index (χ2n) is 10.5. The number of nitrogens with zero attached hydrogens (tertiary/aromatic N) is 5. The number of nitrogens with one attached hydrogen (secondary N) is 1. The number of aliphatic imine (C=N–C) groups is 1. The van der Waals surface area contributed by atoms with E-state index in [0.717, 1.165) is 45.6 Å². The Morgan fingerprint density at radius 2 is 1.78 bits per heavy atom. The van der Waals surface area contributed by atoms with E-state index in [4.69, 9.17) is 4.74 Å². The van der Waals surface area contributed by atoms with Gasteiger partial charge in [-0.3, -0.25) is 0 Å². The Kier molecular flexibility index (Phi) is 9.68. The van der Waals surface area contributed by atoms with Crippen LogP contribution in [0.4, 0.5) is 18.9 Å². The molecular formula is C32H33F3N6O3S. The van der Waals surface area contributed by atoms with Crippen molar-refractivity contribution in [2.45, 2.75) is 39.4 Å². The summed E-state index contributed by atoms with van der Waals surface area (Å²) in [6, 6.07) is 19.0. The van der Waals surface area contributed by atoms with Crippen molar-refractivity contribution in [2.24, 2.45) is 4.99 Å². The second-order valence-corrected chi connectivity index (χ2v) is 11.6. The Morgan fingerprint density at radius 3 is 2.44 bits per heavy atom. The maximum Gasteiger partial charge on any atom is 0.573 e. The summed E-state index contributed by atoms with van der Waals surface area (Å²) in [5, 5.41) is 18.9. The van der Waals surface area contributed by atoms with Crippen molar-refractivity contribution in [3.05, 3.63) is 90.4 Å². The number of amidine groups is 1. The quantitative estimate of drug-likeness (QED) is 0.183. The summed E-state index contributed by atoms with van der Waals surface area (Å²) in [6.45, 7) is 6.99. The molecular weight excluding hydrogens is 605 g/mol. The smallest absolute Gasteiger partial charge is 0.497 e. The molecule has 236 valence electrons. The fourth-order valence-electron chi connectivity index (χ4n) is 4.73. The van der Waals surface area contributed by atoms with E-state index in [-0.39, 0.29) is 5.75 Å². The number of aromatic nitrogens is 3. The SMILES string of the molecule is COc1ccc(C(C)C)c(N2CCS/C2=N\C(O)N/C=C(\C)c2ccc(-c3ncn(-c4ccc(OC(F)(F)F)cc4)n3)cc2)c1. The monoisotopic (exact) mass is 638 g/mol. The minimum Gasteiger partial charge on any atom is -0.497 e.